The maximum absolute atomic E-state index is 14.7. The largest absolute Gasteiger partial charge is 0.513 e. The van der Waals surface area contributed by atoms with Gasteiger partial charge in [0.2, 0.25) is 0 Å². The van der Waals surface area contributed by atoms with Crippen LogP contribution in [0.15, 0.2) is 23.4 Å². The van der Waals surface area contributed by atoms with Gasteiger partial charge in [0.05, 0.1) is 5.76 Å². The maximum Gasteiger partial charge on any atom is 0.307 e. The molecule has 4 aliphatic rings. The van der Waals surface area contributed by atoms with Gasteiger partial charge in [-0.25, -0.2) is 4.39 Å². The summed E-state index contributed by atoms with van der Waals surface area (Å²) in [6.45, 7) is 5.83. The van der Waals surface area contributed by atoms with Gasteiger partial charge in [0.15, 0.2) is 0 Å². The molecular formula is C21H29FO3. The summed E-state index contributed by atoms with van der Waals surface area (Å²) in [7, 11) is 0. The number of halogens is 1. The number of hydrogen-bond acceptors (Lipinski definition) is 3. The molecule has 0 heterocycles. The van der Waals surface area contributed by atoms with E-state index in [2.05, 4.69) is 19.9 Å². The lowest BCUT2D eigenvalue weighted by Crippen LogP contribution is -2.52. The lowest BCUT2D eigenvalue weighted by atomic mass is 9.46. The normalized spacial score (nSPS) is 46.0. The first kappa shape index (κ1) is 17.1. The molecule has 0 bridgehead atoms. The van der Waals surface area contributed by atoms with Crippen molar-refractivity contribution in [2.45, 2.75) is 65.7 Å². The van der Waals surface area contributed by atoms with Gasteiger partial charge in [-0.2, -0.15) is 0 Å². The summed E-state index contributed by atoms with van der Waals surface area (Å²) in [5.41, 5.74) is -0.135. The molecule has 4 rings (SSSR count). The number of hydrogen-bond donors (Lipinski definition) is 1. The van der Waals surface area contributed by atoms with Crippen LogP contribution < -0.4 is 0 Å². The Hall–Kier alpha value is -1.32. The second kappa shape index (κ2) is 5.59. The van der Waals surface area contributed by atoms with Crippen LogP contribution in [0.1, 0.15) is 65.7 Å². The van der Waals surface area contributed by atoms with E-state index in [4.69, 9.17) is 4.74 Å². The van der Waals surface area contributed by atoms with Crippen molar-refractivity contribution in [3.8, 4) is 0 Å². The van der Waals surface area contributed by atoms with Crippen LogP contribution in [0.3, 0.4) is 0 Å². The van der Waals surface area contributed by atoms with Crippen LogP contribution in [0.25, 0.3) is 0 Å². The molecule has 2 saturated carbocycles. The van der Waals surface area contributed by atoms with Crippen molar-refractivity contribution in [1.82, 2.24) is 0 Å². The fraction of sp³-hybridized carbons (Fsp3) is 0.762. The van der Waals surface area contributed by atoms with Gasteiger partial charge in [0.1, 0.15) is 11.6 Å². The summed E-state index contributed by atoms with van der Waals surface area (Å²) >= 11 is 0. The summed E-state index contributed by atoms with van der Waals surface area (Å²) in [6, 6.07) is 0. The fourth-order valence-electron chi connectivity index (χ4n) is 6.73. The Kier molecular flexibility index (Phi) is 3.82. The Morgan fingerprint density at radius 1 is 1.24 bits per heavy atom. The van der Waals surface area contributed by atoms with Crippen LogP contribution >= 0.6 is 0 Å². The van der Waals surface area contributed by atoms with Gasteiger partial charge in [0.25, 0.3) is 0 Å². The number of allylic oxidation sites excluding steroid dienone is 4. The van der Waals surface area contributed by atoms with Crippen LogP contribution in [-0.4, -0.2) is 11.1 Å². The van der Waals surface area contributed by atoms with Crippen molar-refractivity contribution in [3.63, 3.8) is 0 Å². The van der Waals surface area contributed by atoms with Gasteiger partial charge in [0, 0.05) is 25.2 Å². The quantitative estimate of drug-likeness (QED) is 0.642. The number of aliphatic hydroxyl groups is 1. The molecule has 4 aliphatic carbocycles. The maximum atomic E-state index is 14.7. The van der Waals surface area contributed by atoms with Crippen LogP contribution in [0, 0.1) is 34.5 Å². The molecule has 0 amide bonds. The molecule has 0 unspecified atom stereocenters. The van der Waals surface area contributed by atoms with Crippen LogP contribution in [0.2, 0.25) is 0 Å². The zero-order chi connectivity index (χ0) is 18.0. The van der Waals surface area contributed by atoms with E-state index in [1.54, 1.807) is 0 Å². The van der Waals surface area contributed by atoms with Crippen molar-refractivity contribution in [2.75, 3.05) is 0 Å². The average molecular weight is 348 g/mol. The molecule has 0 aromatic carbocycles. The number of aliphatic hydroxyl groups excluding tert-OH is 1. The number of ether oxygens (including phenoxy) is 1. The summed E-state index contributed by atoms with van der Waals surface area (Å²) in [5, 5.41) is 9.96. The molecule has 0 spiro atoms. The van der Waals surface area contributed by atoms with E-state index in [0.29, 0.717) is 35.7 Å². The third-order valence-corrected chi connectivity index (χ3v) is 8.06. The van der Waals surface area contributed by atoms with E-state index in [9.17, 15) is 14.3 Å². The van der Waals surface area contributed by atoms with Gasteiger partial charge in [-0.3, -0.25) is 4.79 Å². The first-order valence-corrected chi connectivity index (χ1v) is 9.73. The van der Waals surface area contributed by atoms with E-state index < -0.39 is 5.97 Å². The summed E-state index contributed by atoms with van der Waals surface area (Å²) in [6.07, 6.45) is 8.38. The lowest BCUT2D eigenvalue weighted by Gasteiger charge is -2.58. The Balaban J connectivity index is 1.64. The molecule has 138 valence electrons. The van der Waals surface area contributed by atoms with Gasteiger partial charge in [-0.05, 0) is 67.3 Å². The predicted molar refractivity (Wildman–Crippen MR) is 93.1 cm³/mol. The second-order valence-electron chi connectivity index (χ2n) is 9.21. The van der Waals surface area contributed by atoms with Crippen molar-refractivity contribution in [3.05, 3.63) is 23.4 Å². The monoisotopic (exact) mass is 348 g/mol. The molecule has 3 nitrogen and oxygen atoms in total. The molecular weight excluding hydrogens is 319 g/mol. The minimum atomic E-state index is -0.419. The Morgan fingerprint density at radius 3 is 2.72 bits per heavy atom. The van der Waals surface area contributed by atoms with Crippen LogP contribution in [0.4, 0.5) is 4.39 Å². The van der Waals surface area contributed by atoms with E-state index in [1.165, 1.54) is 6.92 Å². The standard InChI is InChI=1S/C21H29FO3/c1-12(23)25-19-18(22)11-17-15-5-4-13-10-14(24)6-8-20(13,2)16(15)7-9-21(17,19)3/h10,13,15-17,24H,4-9,11H2,1-3H3/t13-,15-,16+,17+,20+,21+/m1/s1. The zero-order valence-electron chi connectivity index (χ0n) is 15.5. The van der Waals surface area contributed by atoms with Gasteiger partial charge in [-0.15, -0.1) is 0 Å². The number of carbonyl (C=O) groups is 1. The number of fused-ring (bicyclic) bond motifs is 5. The number of rotatable bonds is 1. The van der Waals surface area contributed by atoms with E-state index in [0.717, 1.165) is 38.5 Å². The highest BCUT2D eigenvalue weighted by atomic mass is 19.1. The zero-order valence-corrected chi connectivity index (χ0v) is 15.5. The molecule has 6 atom stereocenters. The van der Waals surface area contributed by atoms with Gasteiger partial charge >= 0.3 is 5.97 Å². The van der Waals surface area contributed by atoms with Gasteiger partial charge in [-0.1, -0.05) is 13.8 Å². The molecule has 0 aliphatic heterocycles. The summed E-state index contributed by atoms with van der Waals surface area (Å²) < 4.78 is 20.0. The van der Waals surface area contributed by atoms with Crippen molar-refractivity contribution in [1.29, 1.82) is 0 Å². The van der Waals surface area contributed by atoms with Crippen molar-refractivity contribution < 1.29 is 19.0 Å². The molecule has 0 aromatic heterocycles. The Labute approximate surface area is 149 Å². The van der Waals surface area contributed by atoms with E-state index in [-0.39, 0.29) is 22.6 Å². The SMILES string of the molecule is CC(=O)OC1=C(F)C[C@H]2[C@@H]3CC[C@@H]4C=C(O)CC[C@]4(C)[C@H]3CC[C@]12C. The smallest absolute Gasteiger partial charge is 0.307 e. The number of carbonyl (C=O) groups excluding carboxylic acids is 1. The topological polar surface area (TPSA) is 46.5 Å². The summed E-state index contributed by atoms with van der Waals surface area (Å²) in [5.74, 6) is 1.96. The fourth-order valence-corrected chi connectivity index (χ4v) is 6.73. The Morgan fingerprint density at radius 2 is 2.00 bits per heavy atom. The minimum absolute atomic E-state index is 0.205. The van der Waals surface area contributed by atoms with Crippen LogP contribution in [0.5, 0.6) is 0 Å². The van der Waals surface area contributed by atoms with Crippen LogP contribution in [-0.2, 0) is 9.53 Å². The van der Waals surface area contributed by atoms with Gasteiger partial charge < -0.3 is 9.84 Å². The van der Waals surface area contributed by atoms with E-state index in [1.807, 2.05) is 0 Å². The summed E-state index contributed by atoms with van der Waals surface area (Å²) in [4.78, 5) is 11.5. The number of esters is 1. The molecule has 0 aromatic rings. The van der Waals surface area contributed by atoms with Crippen molar-refractivity contribution >= 4 is 5.97 Å². The molecule has 0 saturated heterocycles. The Bertz CT molecular complexity index is 666. The third kappa shape index (κ3) is 2.39. The third-order valence-electron chi connectivity index (χ3n) is 8.06. The highest BCUT2D eigenvalue weighted by Crippen LogP contribution is 2.67. The second-order valence-corrected chi connectivity index (χ2v) is 9.21. The lowest BCUT2D eigenvalue weighted by molar-refractivity contribution is -0.141. The first-order chi connectivity index (χ1) is 11.8. The highest BCUT2D eigenvalue weighted by molar-refractivity contribution is 5.67. The molecule has 1 N–H and O–H groups in total. The molecule has 2 fully saturated rings. The predicted octanol–water partition coefficient (Wildman–Crippen LogP) is 5.44. The minimum Gasteiger partial charge on any atom is -0.513 e. The highest BCUT2D eigenvalue weighted by Gasteiger charge is 2.60. The van der Waals surface area contributed by atoms with Crippen molar-refractivity contribution in [2.24, 2.45) is 34.5 Å². The first-order valence-electron chi connectivity index (χ1n) is 9.73. The average Bonchev–Trinajstić information content (AvgIpc) is 2.79. The molecule has 25 heavy (non-hydrogen) atoms. The molecule has 4 heteroatoms. The van der Waals surface area contributed by atoms with E-state index >= 15 is 0 Å². The molecule has 0 radical (unpaired) electrons.